The second kappa shape index (κ2) is 4.99. The van der Waals surface area contributed by atoms with Crippen molar-refractivity contribution < 1.29 is 8.42 Å². The summed E-state index contributed by atoms with van der Waals surface area (Å²) in [5.74, 6) is -0.0135. The lowest BCUT2D eigenvalue weighted by molar-refractivity contribution is 0.583. The molecule has 8 heteroatoms. The molecule has 1 atom stereocenters. The minimum absolute atomic E-state index is 0.0135. The highest BCUT2D eigenvalue weighted by molar-refractivity contribution is 7.93. The van der Waals surface area contributed by atoms with Crippen LogP contribution in [0.25, 0.3) is 0 Å². The van der Waals surface area contributed by atoms with Gasteiger partial charge in [-0.3, -0.25) is 0 Å². The highest BCUT2D eigenvalue weighted by atomic mass is 32.2. The zero-order valence-corrected chi connectivity index (χ0v) is 9.32. The van der Waals surface area contributed by atoms with Crippen molar-refractivity contribution in [3.8, 4) is 0 Å². The van der Waals surface area contributed by atoms with E-state index in [9.17, 15) is 8.42 Å². The van der Waals surface area contributed by atoms with Crippen molar-refractivity contribution in [3.05, 3.63) is 12.4 Å². The maximum atomic E-state index is 11.6. The van der Waals surface area contributed by atoms with Crippen molar-refractivity contribution >= 4 is 16.0 Å². The molecule has 0 radical (unpaired) electrons. The molecular weight excluding hydrogens is 218 g/mol. The van der Waals surface area contributed by atoms with Crippen LogP contribution in [0.3, 0.4) is 0 Å². The van der Waals surface area contributed by atoms with Crippen molar-refractivity contribution in [1.29, 1.82) is 0 Å². The van der Waals surface area contributed by atoms with E-state index in [1.54, 1.807) is 14.0 Å². The van der Waals surface area contributed by atoms with Gasteiger partial charge in [0.1, 0.15) is 0 Å². The topological polar surface area (TPSA) is 96.9 Å². The Hall–Kier alpha value is -1.28. The van der Waals surface area contributed by atoms with Gasteiger partial charge in [-0.1, -0.05) is 0 Å². The van der Waals surface area contributed by atoms with Crippen LogP contribution in [0.5, 0.6) is 0 Å². The van der Waals surface area contributed by atoms with Crippen molar-refractivity contribution in [2.24, 2.45) is 0 Å². The summed E-state index contributed by atoms with van der Waals surface area (Å²) in [6.45, 7) is 1.95. The average Bonchev–Trinajstić information content (AvgIpc) is 2.19. The Morgan fingerprint density at radius 2 is 2.20 bits per heavy atom. The van der Waals surface area contributed by atoms with E-state index in [0.29, 0.717) is 6.54 Å². The van der Waals surface area contributed by atoms with Crippen LogP contribution < -0.4 is 10.0 Å². The van der Waals surface area contributed by atoms with Gasteiger partial charge in [0.05, 0.1) is 17.6 Å². The smallest absolute Gasteiger partial charge is 0.256 e. The number of nitrogens with one attached hydrogen (secondary N) is 2. The van der Waals surface area contributed by atoms with E-state index in [1.165, 1.54) is 12.4 Å². The van der Waals surface area contributed by atoms with Gasteiger partial charge in [-0.15, -0.1) is 5.10 Å². The van der Waals surface area contributed by atoms with Gasteiger partial charge in [-0.25, -0.2) is 18.1 Å². The largest absolute Gasteiger partial charge is 0.318 e. The third-order valence-corrected chi connectivity index (χ3v) is 3.43. The Balaban J connectivity index is 2.73. The molecule has 84 valence electrons. The predicted octanol–water partition coefficient (Wildman–Crippen LogP) is -0.779. The quantitative estimate of drug-likeness (QED) is 0.690. The van der Waals surface area contributed by atoms with E-state index in [0.717, 1.165) is 0 Å². The summed E-state index contributed by atoms with van der Waals surface area (Å²) < 4.78 is 25.5. The van der Waals surface area contributed by atoms with Crippen LogP contribution in [-0.4, -0.2) is 42.4 Å². The molecule has 1 aromatic rings. The lowest BCUT2D eigenvalue weighted by Crippen LogP contribution is -2.33. The molecule has 2 N–H and O–H groups in total. The van der Waals surface area contributed by atoms with Crippen molar-refractivity contribution in [1.82, 2.24) is 20.5 Å². The van der Waals surface area contributed by atoms with Gasteiger partial charge in [0.15, 0.2) is 0 Å². The first-order chi connectivity index (χ1) is 7.06. The average molecular weight is 231 g/mol. The maximum absolute atomic E-state index is 11.6. The molecule has 0 aliphatic rings. The third-order valence-electron chi connectivity index (χ3n) is 1.74. The summed E-state index contributed by atoms with van der Waals surface area (Å²) in [6.07, 6.45) is 2.74. The van der Waals surface area contributed by atoms with Crippen LogP contribution in [0.2, 0.25) is 0 Å². The Bertz CT molecular complexity index is 393. The number of hydrogen-bond acceptors (Lipinski definition) is 6. The molecule has 0 aliphatic carbocycles. The number of rotatable bonds is 5. The molecule has 0 bridgehead atoms. The number of nitrogens with zero attached hydrogens (tertiary/aromatic N) is 3. The lowest BCUT2D eigenvalue weighted by atomic mass is 10.5. The Morgan fingerprint density at radius 3 is 2.73 bits per heavy atom. The predicted molar refractivity (Wildman–Crippen MR) is 55.8 cm³/mol. The van der Waals surface area contributed by atoms with Crippen LogP contribution >= 0.6 is 0 Å². The number of anilines is 1. The van der Waals surface area contributed by atoms with Crippen molar-refractivity contribution in [2.45, 2.75) is 12.2 Å². The van der Waals surface area contributed by atoms with Crippen LogP contribution in [0.1, 0.15) is 6.92 Å². The lowest BCUT2D eigenvalue weighted by Gasteiger charge is -2.12. The van der Waals surface area contributed by atoms with E-state index < -0.39 is 15.3 Å². The van der Waals surface area contributed by atoms with Gasteiger partial charge >= 0.3 is 0 Å². The molecule has 0 saturated carbocycles. The fourth-order valence-corrected chi connectivity index (χ4v) is 1.85. The Morgan fingerprint density at radius 1 is 1.47 bits per heavy atom. The summed E-state index contributed by atoms with van der Waals surface area (Å²) in [7, 11) is -1.77. The first-order valence-electron chi connectivity index (χ1n) is 4.36. The summed E-state index contributed by atoms with van der Waals surface area (Å²) >= 11 is 0. The van der Waals surface area contributed by atoms with E-state index in [4.69, 9.17) is 0 Å². The van der Waals surface area contributed by atoms with Gasteiger partial charge in [-0.2, -0.15) is 5.10 Å². The summed E-state index contributed by atoms with van der Waals surface area (Å²) in [5.41, 5.74) is 0. The van der Waals surface area contributed by atoms with Crippen molar-refractivity contribution in [3.63, 3.8) is 0 Å². The van der Waals surface area contributed by atoms with Gasteiger partial charge in [-0.05, 0) is 14.0 Å². The first kappa shape index (κ1) is 11.8. The standard InChI is InChI=1S/C7H13N5O2S/c1-6(5-8-2)15(13,14)12-7-9-3-4-10-11-7/h3-4,6,8H,5H2,1-2H3,(H,9,11,12). The molecule has 0 saturated heterocycles. The second-order valence-corrected chi connectivity index (χ2v) is 5.08. The van der Waals surface area contributed by atoms with Crippen LogP contribution in [0.4, 0.5) is 5.95 Å². The van der Waals surface area contributed by atoms with E-state index in [-0.39, 0.29) is 5.95 Å². The molecule has 0 spiro atoms. The minimum atomic E-state index is -3.45. The van der Waals surface area contributed by atoms with Crippen LogP contribution in [0, 0.1) is 0 Å². The van der Waals surface area contributed by atoms with Crippen molar-refractivity contribution in [2.75, 3.05) is 18.3 Å². The zero-order valence-electron chi connectivity index (χ0n) is 8.51. The Labute approximate surface area is 88.4 Å². The molecule has 7 nitrogen and oxygen atoms in total. The SMILES string of the molecule is CNCC(C)S(=O)(=O)Nc1nccnn1. The first-order valence-corrected chi connectivity index (χ1v) is 5.91. The van der Waals surface area contributed by atoms with Gasteiger partial charge in [0, 0.05) is 6.54 Å². The second-order valence-electron chi connectivity index (χ2n) is 2.98. The molecule has 0 fully saturated rings. The highest BCUT2D eigenvalue weighted by Crippen LogP contribution is 2.03. The fourth-order valence-electron chi connectivity index (χ4n) is 0.919. The fraction of sp³-hybridized carbons (Fsp3) is 0.571. The summed E-state index contributed by atoms with van der Waals surface area (Å²) in [5, 5.41) is 9.27. The zero-order chi connectivity index (χ0) is 11.3. The third kappa shape index (κ3) is 3.40. The monoisotopic (exact) mass is 231 g/mol. The molecule has 1 aromatic heterocycles. The summed E-state index contributed by atoms with van der Waals surface area (Å²) in [6, 6.07) is 0. The molecule has 1 heterocycles. The van der Waals surface area contributed by atoms with Crippen LogP contribution in [-0.2, 0) is 10.0 Å². The summed E-state index contributed by atoms with van der Waals surface area (Å²) in [4.78, 5) is 3.72. The molecule has 0 aliphatic heterocycles. The minimum Gasteiger partial charge on any atom is -0.318 e. The van der Waals surface area contributed by atoms with Crippen LogP contribution in [0.15, 0.2) is 12.4 Å². The molecular formula is C7H13N5O2S. The normalized spacial score (nSPS) is 13.5. The number of hydrogen-bond donors (Lipinski definition) is 2. The molecule has 0 amide bonds. The van der Waals surface area contributed by atoms with E-state index in [2.05, 4.69) is 25.2 Å². The van der Waals surface area contributed by atoms with E-state index in [1.807, 2.05) is 0 Å². The number of aromatic nitrogens is 3. The van der Waals surface area contributed by atoms with Gasteiger partial charge < -0.3 is 5.32 Å². The maximum Gasteiger partial charge on any atom is 0.256 e. The Kier molecular flexibility index (Phi) is 3.92. The molecule has 1 rings (SSSR count). The molecule has 1 unspecified atom stereocenters. The van der Waals surface area contributed by atoms with E-state index >= 15 is 0 Å². The molecule has 15 heavy (non-hydrogen) atoms. The van der Waals surface area contributed by atoms with Gasteiger partial charge in [0.2, 0.25) is 10.0 Å². The highest BCUT2D eigenvalue weighted by Gasteiger charge is 2.20. The van der Waals surface area contributed by atoms with Gasteiger partial charge in [0.25, 0.3) is 5.95 Å². The molecule has 0 aromatic carbocycles. The number of sulfonamides is 1.